The smallest absolute Gasteiger partial charge is 0.254 e. The molecule has 2 saturated heterocycles. The second-order valence-electron chi connectivity index (χ2n) is 15.8. The van der Waals surface area contributed by atoms with E-state index in [1.807, 2.05) is 19.2 Å². The number of allylic oxidation sites excluding steroid dienone is 3. The number of piperidine rings is 1. The van der Waals surface area contributed by atoms with Crippen LogP contribution in [-0.2, 0) is 16.1 Å². The number of piperazine rings is 1. The lowest BCUT2D eigenvalue weighted by atomic mass is 9.74. The maximum absolute atomic E-state index is 12.3. The molecule has 3 aromatic carbocycles. The minimum Gasteiger partial charge on any atom is -0.508 e. The van der Waals surface area contributed by atoms with Crippen LogP contribution in [0.15, 0.2) is 84.5 Å². The molecule has 4 heterocycles. The van der Waals surface area contributed by atoms with Crippen molar-refractivity contribution in [3.05, 3.63) is 107 Å². The molecule has 0 aromatic heterocycles. The van der Waals surface area contributed by atoms with Gasteiger partial charge in [0.15, 0.2) is 0 Å². The summed E-state index contributed by atoms with van der Waals surface area (Å²) < 4.78 is 6.19. The molecule has 3 aromatic rings. The van der Waals surface area contributed by atoms with E-state index in [1.54, 1.807) is 24.1 Å². The number of aldehydes is 1. The lowest BCUT2D eigenvalue weighted by Crippen LogP contribution is -2.49. The van der Waals surface area contributed by atoms with E-state index in [4.69, 9.17) is 4.74 Å². The Morgan fingerprint density at radius 2 is 1.68 bits per heavy atom. The van der Waals surface area contributed by atoms with Crippen LogP contribution in [0.1, 0.15) is 77.9 Å². The highest BCUT2D eigenvalue weighted by Crippen LogP contribution is 2.46. The molecular formula is C46H57N5O5. The van der Waals surface area contributed by atoms with Crippen LogP contribution in [0.5, 0.6) is 11.5 Å². The predicted octanol–water partition coefficient (Wildman–Crippen LogP) is 6.53. The Kier molecular flexibility index (Phi) is 12.8. The molecule has 2 unspecified atom stereocenters. The summed E-state index contributed by atoms with van der Waals surface area (Å²) in [4.78, 5) is 42.0. The van der Waals surface area contributed by atoms with Crippen LogP contribution in [0, 0.1) is 11.8 Å². The number of hydrogen-bond donors (Lipinski definition) is 2. The zero-order valence-electron chi connectivity index (χ0n) is 33.0. The first-order chi connectivity index (χ1) is 27.3. The number of nitrogens with one attached hydrogen (secondary N) is 1. The standard InChI is InChI=1S/C40H46N4O3.C6H11NO2/c1-41-26-31-23-33(11-13-35(31)40(41)46)44-21-19-42(20-22-44)25-28-15-17-43(18-16-28)32-9-7-30(8-10-32)39-36-14-12-34(45)24-38(36)47-27-37(39)29-5-3-2-4-6-29;1-7-6(9)4-2-3-5-8/h3,5-14,23-24,28,37,39,45H,2,4,15-22,25-27H2,1H3;5H,2-4H2,1H3,(H,7,9). The molecule has 5 aliphatic rings. The summed E-state index contributed by atoms with van der Waals surface area (Å²) in [5.41, 5.74) is 8.42. The monoisotopic (exact) mass is 759 g/mol. The van der Waals surface area contributed by atoms with Crippen LogP contribution in [-0.4, -0.2) is 99.5 Å². The van der Waals surface area contributed by atoms with Crippen LogP contribution in [0.4, 0.5) is 11.4 Å². The zero-order valence-corrected chi connectivity index (χ0v) is 33.0. The summed E-state index contributed by atoms with van der Waals surface area (Å²) in [7, 11) is 3.47. The van der Waals surface area contributed by atoms with E-state index in [9.17, 15) is 19.5 Å². The molecule has 0 radical (unpaired) electrons. The predicted molar refractivity (Wildman–Crippen MR) is 222 cm³/mol. The lowest BCUT2D eigenvalue weighted by molar-refractivity contribution is -0.120. The Hall–Kier alpha value is -5.09. The number of unbranched alkanes of at least 4 members (excludes halogenated alkanes) is 1. The van der Waals surface area contributed by atoms with Crippen LogP contribution >= 0.6 is 0 Å². The number of fused-ring (bicyclic) bond motifs is 2. The van der Waals surface area contributed by atoms with Gasteiger partial charge < -0.3 is 34.7 Å². The Morgan fingerprint density at radius 3 is 2.39 bits per heavy atom. The number of phenolic OH excluding ortho intramolecular Hbond substituents is 1. The van der Waals surface area contributed by atoms with Crippen molar-refractivity contribution in [2.75, 3.05) is 76.3 Å². The van der Waals surface area contributed by atoms with Crippen LogP contribution < -0.4 is 19.9 Å². The van der Waals surface area contributed by atoms with Gasteiger partial charge in [-0.3, -0.25) is 14.5 Å². The minimum absolute atomic E-state index is 0.00292. The molecule has 2 fully saturated rings. The van der Waals surface area contributed by atoms with Crippen molar-refractivity contribution in [1.82, 2.24) is 15.1 Å². The Balaban J connectivity index is 0.000000478. The largest absolute Gasteiger partial charge is 0.508 e. The van der Waals surface area contributed by atoms with E-state index in [2.05, 4.69) is 74.6 Å². The van der Waals surface area contributed by atoms with Crippen LogP contribution in [0.25, 0.3) is 0 Å². The first kappa shape index (κ1) is 39.2. The number of nitrogens with zero attached hydrogens (tertiary/aromatic N) is 4. The topological polar surface area (TPSA) is 106 Å². The molecule has 0 spiro atoms. The highest BCUT2D eigenvalue weighted by atomic mass is 16.5. The van der Waals surface area contributed by atoms with E-state index in [0.29, 0.717) is 25.9 Å². The fourth-order valence-corrected chi connectivity index (χ4v) is 8.95. The third-order valence-corrected chi connectivity index (χ3v) is 12.2. The molecule has 4 aliphatic heterocycles. The van der Waals surface area contributed by atoms with Crippen molar-refractivity contribution in [1.29, 1.82) is 0 Å². The second-order valence-corrected chi connectivity index (χ2v) is 15.8. The molecule has 8 rings (SSSR count). The highest BCUT2D eigenvalue weighted by Gasteiger charge is 2.35. The maximum Gasteiger partial charge on any atom is 0.254 e. The van der Waals surface area contributed by atoms with E-state index < -0.39 is 0 Å². The van der Waals surface area contributed by atoms with E-state index in [0.717, 1.165) is 93.3 Å². The fourth-order valence-electron chi connectivity index (χ4n) is 8.95. The van der Waals surface area contributed by atoms with Crippen molar-refractivity contribution in [2.45, 2.75) is 57.4 Å². The molecule has 56 heavy (non-hydrogen) atoms. The number of hydrogen-bond acceptors (Lipinski definition) is 8. The van der Waals surface area contributed by atoms with Crippen LogP contribution in [0.2, 0.25) is 0 Å². The number of rotatable bonds is 10. The molecule has 10 heteroatoms. The molecular weight excluding hydrogens is 703 g/mol. The minimum atomic E-state index is -0.00292. The molecule has 2 N–H and O–H groups in total. The molecule has 10 nitrogen and oxygen atoms in total. The molecule has 0 bridgehead atoms. The summed E-state index contributed by atoms with van der Waals surface area (Å²) in [5, 5.41) is 12.6. The van der Waals surface area contributed by atoms with Gasteiger partial charge in [0.2, 0.25) is 5.91 Å². The second kappa shape index (κ2) is 18.2. The zero-order chi connectivity index (χ0) is 39.0. The summed E-state index contributed by atoms with van der Waals surface area (Å²) >= 11 is 0. The molecule has 2 amide bonds. The van der Waals surface area contributed by atoms with Gasteiger partial charge in [-0.2, -0.15) is 0 Å². The number of anilines is 2. The summed E-state index contributed by atoms with van der Waals surface area (Å²) in [5.74, 6) is 2.38. The van der Waals surface area contributed by atoms with Gasteiger partial charge in [-0.25, -0.2) is 0 Å². The molecule has 1 aliphatic carbocycles. The normalized spacial score (nSPS) is 21.0. The van der Waals surface area contributed by atoms with Crippen molar-refractivity contribution < 1.29 is 24.2 Å². The molecule has 296 valence electrons. The molecule has 2 atom stereocenters. The average Bonchev–Trinajstić information content (AvgIpc) is 3.53. The first-order valence-corrected chi connectivity index (χ1v) is 20.5. The van der Waals surface area contributed by atoms with Crippen molar-refractivity contribution >= 4 is 29.5 Å². The Morgan fingerprint density at radius 1 is 0.929 bits per heavy atom. The number of phenols is 1. The van der Waals surface area contributed by atoms with E-state index in [-0.39, 0.29) is 29.4 Å². The van der Waals surface area contributed by atoms with Gasteiger partial charge in [-0.1, -0.05) is 36.4 Å². The van der Waals surface area contributed by atoms with Crippen molar-refractivity contribution in [3.63, 3.8) is 0 Å². The molecule has 0 saturated carbocycles. The van der Waals surface area contributed by atoms with Crippen molar-refractivity contribution in [3.8, 4) is 11.5 Å². The SMILES string of the molecule is CN1Cc2cc(N3CCN(CC4CCN(c5ccc(C6c7ccc(O)cc7OCC6C6=CCCC=C6)cc5)CC4)CC3)ccc2C1=O.CNC(=O)CCCC=O. The number of ether oxygens (including phenoxy) is 1. The maximum atomic E-state index is 12.3. The number of amides is 2. The van der Waals surface area contributed by atoms with Gasteiger partial charge in [0.1, 0.15) is 17.8 Å². The first-order valence-electron chi connectivity index (χ1n) is 20.5. The summed E-state index contributed by atoms with van der Waals surface area (Å²) in [6, 6.07) is 21.3. The fraction of sp³-hybridized carbons (Fsp3) is 0.457. The quantitative estimate of drug-likeness (QED) is 0.178. The highest BCUT2D eigenvalue weighted by molar-refractivity contribution is 5.98. The van der Waals surface area contributed by atoms with Gasteiger partial charge in [0.05, 0.1) is 6.61 Å². The third kappa shape index (κ3) is 9.13. The Labute approximate surface area is 331 Å². The number of benzene rings is 3. The number of carbonyl (C=O) groups is 3. The Bertz CT molecular complexity index is 1910. The summed E-state index contributed by atoms with van der Waals surface area (Å²) in [6.07, 6.45) is 14.0. The van der Waals surface area contributed by atoms with Crippen molar-refractivity contribution in [2.24, 2.45) is 11.8 Å². The third-order valence-electron chi connectivity index (χ3n) is 12.2. The van der Waals surface area contributed by atoms with Gasteiger partial charge in [-0.05, 0) is 91.1 Å². The van der Waals surface area contributed by atoms with E-state index >= 15 is 0 Å². The average molecular weight is 760 g/mol. The van der Waals surface area contributed by atoms with Gasteiger partial charge in [-0.15, -0.1) is 0 Å². The van der Waals surface area contributed by atoms with Gasteiger partial charge in [0, 0.05) is 120 Å². The van der Waals surface area contributed by atoms with Gasteiger partial charge in [0.25, 0.3) is 5.91 Å². The number of carbonyl (C=O) groups excluding carboxylic acids is 3. The van der Waals surface area contributed by atoms with Gasteiger partial charge >= 0.3 is 0 Å². The lowest BCUT2D eigenvalue weighted by Gasteiger charge is -2.40. The van der Waals surface area contributed by atoms with Crippen LogP contribution in [0.3, 0.4) is 0 Å². The number of aromatic hydroxyl groups is 1. The van der Waals surface area contributed by atoms with E-state index in [1.165, 1.54) is 41.9 Å². The summed E-state index contributed by atoms with van der Waals surface area (Å²) in [6.45, 7) is 9.02.